The first-order valence-electron chi connectivity index (χ1n) is 17.3. The summed E-state index contributed by atoms with van der Waals surface area (Å²) in [6, 6.07) is 39.6. The minimum Gasteiger partial charge on any atom is -0.455 e. The fourth-order valence-corrected chi connectivity index (χ4v) is 6.53. The summed E-state index contributed by atoms with van der Waals surface area (Å²) in [5.74, 6) is 0. The molecule has 0 aliphatic heterocycles. The first-order valence-corrected chi connectivity index (χ1v) is 14.3. The second kappa shape index (κ2) is 9.44. The maximum absolute atomic E-state index is 9.00. The Kier molecular flexibility index (Phi) is 4.11. The van der Waals surface area contributed by atoms with E-state index in [1.807, 2.05) is 48.5 Å². The van der Waals surface area contributed by atoms with Crippen LogP contribution in [0.25, 0.3) is 87.6 Å². The predicted molar refractivity (Wildman–Crippen MR) is 183 cm³/mol. The Labute approximate surface area is 257 Å². The summed E-state index contributed by atoms with van der Waals surface area (Å²) in [7, 11) is 0. The highest BCUT2D eigenvalue weighted by Crippen LogP contribution is 2.47. The van der Waals surface area contributed by atoms with Crippen molar-refractivity contribution in [2.24, 2.45) is 0 Å². The summed E-state index contributed by atoms with van der Waals surface area (Å²) < 4.78 is 58.4. The Morgan fingerprint density at radius 3 is 1.77 bits per heavy atom. The summed E-state index contributed by atoms with van der Waals surface area (Å²) in [5, 5.41) is 5.28. The number of benzene rings is 8. The SMILES string of the molecule is [2H]c1c([2H])c([2H])c2c(c1[2H])c([2H])c([2H])c1c3cccc(-c4c5ccccc5c(-c5cccc(-c6ccccc6)c5)c5ccccc45)c3oc21. The summed E-state index contributed by atoms with van der Waals surface area (Å²) in [5.41, 5.74) is 6.95. The van der Waals surface area contributed by atoms with Crippen LogP contribution in [0.3, 0.4) is 0 Å². The van der Waals surface area contributed by atoms with E-state index < -0.39 is 12.1 Å². The standard InChI is InChI=1S/C42H26O/c1-2-12-27(13-3-1)29-15-10-16-30(26-29)39-32-18-6-8-20-34(32)40(35-21-9-7-19-33(35)39)38-23-11-22-36-37-25-24-28-14-4-5-17-31(28)41(37)43-42(36)38/h1-26H/i4D,5D,14D,17D,24D,25D. The zero-order valence-corrected chi connectivity index (χ0v) is 23.0. The molecule has 0 spiro atoms. The average molecular weight is 553 g/mol. The Hall–Kier alpha value is -5.66. The second-order valence-electron chi connectivity index (χ2n) is 10.8. The monoisotopic (exact) mass is 552 g/mol. The number of hydrogen-bond donors (Lipinski definition) is 0. The Morgan fingerprint density at radius 2 is 1.00 bits per heavy atom. The molecule has 0 amide bonds. The van der Waals surface area contributed by atoms with Gasteiger partial charge in [-0.15, -0.1) is 0 Å². The first-order chi connectivity index (χ1) is 23.8. The lowest BCUT2D eigenvalue weighted by molar-refractivity contribution is 0.674. The van der Waals surface area contributed by atoms with Crippen molar-refractivity contribution in [3.63, 3.8) is 0 Å². The van der Waals surface area contributed by atoms with Crippen molar-refractivity contribution in [3.05, 3.63) is 158 Å². The van der Waals surface area contributed by atoms with E-state index in [4.69, 9.17) is 12.6 Å². The van der Waals surface area contributed by atoms with Crippen LogP contribution in [0.1, 0.15) is 8.22 Å². The highest BCUT2D eigenvalue weighted by molar-refractivity contribution is 6.25. The molecular weight excluding hydrogens is 520 g/mol. The van der Waals surface area contributed by atoms with E-state index in [9.17, 15) is 0 Å². The maximum Gasteiger partial charge on any atom is 0.143 e. The van der Waals surface area contributed by atoms with E-state index >= 15 is 0 Å². The van der Waals surface area contributed by atoms with E-state index in [0.29, 0.717) is 16.4 Å². The molecule has 1 nitrogen and oxygen atoms in total. The minimum atomic E-state index is -0.436. The fourth-order valence-electron chi connectivity index (χ4n) is 6.53. The van der Waals surface area contributed by atoms with E-state index in [-0.39, 0.29) is 40.5 Å². The largest absolute Gasteiger partial charge is 0.455 e. The van der Waals surface area contributed by atoms with E-state index in [1.54, 1.807) is 0 Å². The number of para-hydroxylation sites is 1. The average Bonchev–Trinajstić information content (AvgIpc) is 3.54. The third-order valence-electron chi connectivity index (χ3n) is 8.40. The molecule has 0 fully saturated rings. The van der Waals surface area contributed by atoms with Gasteiger partial charge in [-0.05, 0) is 61.3 Å². The van der Waals surface area contributed by atoms with Gasteiger partial charge in [-0.1, -0.05) is 145 Å². The number of rotatable bonds is 3. The van der Waals surface area contributed by atoms with Gasteiger partial charge in [0.25, 0.3) is 0 Å². The van der Waals surface area contributed by atoms with Crippen LogP contribution in [0.2, 0.25) is 0 Å². The number of hydrogen-bond acceptors (Lipinski definition) is 1. The quantitative estimate of drug-likeness (QED) is 0.199. The molecule has 0 unspecified atom stereocenters. The van der Waals surface area contributed by atoms with Gasteiger partial charge in [0.2, 0.25) is 0 Å². The third-order valence-corrected chi connectivity index (χ3v) is 8.40. The van der Waals surface area contributed by atoms with Crippen LogP contribution in [-0.2, 0) is 0 Å². The molecule has 9 rings (SSSR count). The van der Waals surface area contributed by atoms with Gasteiger partial charge in [0.05, 0.1) is 8.22 Å². The van der Waals surface area contributed by atoms with Crippen molar-refractivity contribution in [3.8, 4) is 33.4 Å². The van der Waals surface area contributed by atoms with E-state index in [0.717, 1.165) is 54.9 Å². The second-order valence-corrected chi connectivity index (χ2v) is 10.8. The van der Waals surface area contributed by atoms with Gasteiger partial charge in [-0.25, -0.2) is 0 Å². The van der Waals surface area contributed by atoms with Crippen LogP contribution in [0.5, 0.6) is 0 Å². The van der Waals surface area contributed by atoms with Crippen molar-refractivity contribution in [2.75, 3.05) is 0 Å². The molecule has 0 saturated carbocycles. The lowest BCUT2D eigenvalue weighted by Crippen LogP contribution is -1.91. The van der Waals surface area contributed by atoms with Gasteiger partial charge in [-0.3, -0.25) is 0 Å². The molecule has 0 aliphatic rings. The van der Waals surface area contributed by atoms with Gasteiger partial charge < -0.3 is 4.42 Å². The van der Waals surface area contributed by atoms with E-state index in [2.05, 4.69) is 72.8 Å². The van der Waals surface area contributed by atoms with Gasteiger partial charge in [0.1, 0.15) is 11.2 Å². The highest BCUT2D eigenvalue weighted by atomic mass is 16.3. The molecule has 0 bridgehead atoms. The van der Waals surface area contributed by atoms with Gasteiger partial charge in [-0.2, -0.15) is 0 Å². The molecule has 8 aromatic carbocycles. The minimum absolute atomic E-state index is 0.0120. The zero-order chi connectivity index (χ0) is 33.6. The number of furan rings is 1. The van der Waals surface area contributed by atoms with E-state index in [1.165, 1.54) is 0 Å². The molecule has 200 valence electrons. The zero-order valence-electron chi connectivity index (χ0n) is 29.0. The lowest BCUT2D eigenvalue weighted by atomic mass is 9.85. The van der Waals surface area contributed by atoms with Crippen molar-refractivity contribution >= 4 is 54.3 Å². The molecule has 0 atom stereocenters. The summed E-state index contributed by atoms with van der Waals surface area (Å²) in [6.45, 7) is 0. The molecule has 1 heterocycles. The molecule has 0 radical (unpaired) electrons. The van der Waals surface area contributed by atoms with Gasteiger partial charge >= 0.3 is 0 Å². The lowest BCUT2D eigenvalue weighted by Gasteiger charge is -2.18. The molecular formula is C42H26O. The normalized spacial score (nSPS) is 13.7. The third kappa shape index (κ3) is 3.65. The predicted octanol–water partition coefficient (Wildman–Crippen LogP) is 12.0. The topological polar surface area (TPSA) is 13.1 Å². The summed E-state index contributed by atoms with van der Waals surface area (Å²) in [6.07, 6.45) is 0. The fraction of sp³-hybridized carbons (Fsp3) is 0. The van der Waals surface area contributed by atoms with Crippen LogP contribution in [-0.4, -0.2) is 0 Å². The van der Waals surface area contributed by atoms with Crippen LogP contribution in [0.15, 0.2) is 162 Å². The van der Waals surface area contributed by atoms with Crippen molar-refractivity contribution < 1.29 is 12.6 Å². The molecule has 43 heavy (non-hydrogen) atoms. The highest BCUT2D eigenvalue weighted by Gasteiger charge is 2.20. The molecule has 0 saturated heterocycles. The van der Waals surface area contributed by atoms with Crippen molar-refractivity contribution in [2.45, 2.75) is 0 Å². The van der Waals surface area contributed by atoms with Gasteiger partial charge in [0.15, 0.2) is 0 Å². The van der Waals surface area contributed by atoms with Crippen molar-refractivity contribution in [1.29, 1.82) is 0 Å². The van der Waals surface area contributed by atoms with Crippen LogP contribution >= 0.6 is 0 Å². The van der Waals surface area contributed by atoms with Gasteiger partial charge in [0, 0.05) is 27.3 Å². The van der Waals surface area contributed by atoms with Crippen LogP contribution in [0, 0.1) is 0 Å². The Bertz CT molecular complexity index is 2780. The maximum atomic E-state index is 9.00. The smallest absolute Gasteiger partial charge is 0.143 e. The summed E-state index contributed by atoms with van der Waals surface area (Å²) >= 11 is 0. The first kappa shape index (κ1) is 18.7. The molecule has 1 heteroatoms. The van der Waals surface area contributed by atoms with Crippen LogP contribution < -0.4 is 0 Å². The molecule has 1 aromatic heterocycles. The molecule has 9 aromatic rings. The Balaban J connectivity index is 1.40. The summed E-state index contributed by atoms with van der Waals surface area (Å²) in [4.78, 5) is 0. The number of fused-ring (bicyclic) bond motifs is 7. The van der Waals surface area contributed by atoms with Crippen molar-refractivity contribution in [1.82, 2.24) is 0 Å². The van der Waals surface area contributed by atoms with Crippen LogP contribution in [0.4, 0.5) is 0 Å². The molecule has 0 N–H and O–H groups in total. The molecule has 0 aliphatic carbocycles. The Morgan fingerprint density at radius 1 is 0.395 bits per heavy atom.